The Hall–Kier alpha value is -3.15. The fraction of sp³-hybridized carbons (Fsp3) is 0.583. The van der Waals surface area contributed by atoms with Gasteiger partial charge in [-0.05, 0) is 38.5 Å². The number of phosphoric ester groups is 1. The van der Waals surface area contributed by atoms with Crippen molar-refractivity contribution < 1.29 is 51.9 Å². The molecule has 1 saturated heterocycles. The molecule has 0 saturated carbocycles. The van der Waals surface area contributed by atoms with Gasteiger partial charge in [0.25, 0.3) is 5.91 Å². The molecular weight excluding hydrogens is 523 g/mol. The lowest BCUT2D eigenvalue weighted by Crippen LogP contribution is -2.50. The number of nitrogens with one attached hydrogen (secondary N) is 2. The Morgan fingerprint density at radius 3 is 2.37 bits per heavy atom. The van der Waals surface area contributed by atoms with E-state index in [0.717, 1.165) is 0 Å². The normalized spacial score (nSPS) is 21.5. The number of carboxylic acid groups (broad SMARTS) is 1. The number of ether oxygens (including phenoxy) is 2. The molecule has 2 amide bonds. The molecule has 3 atom stereocenters. The molecule has 1 aromatic carbocycles. The molecule has 0 radical (unpaired) electrons. The van der Waals surface area contributed by atoms with Crippen LogP contribution in [0.3, 0.4) is 0 Å². The average Bonchev–Trinajstić information content (AvgIpc) is 2.80. The van der Waals surface area contributed by atoms with Gasteiger partial charge in [-0.25, -0.2) is 14.2 Å². The van der Waals surface area contributed by atoms with Crippen LogP contribution >= 0.6 is 7.82 Å². The topological polar surface area (TPSA) is 176 Å². The summed E-state index contributed by atoms with van der Waals surface area (Å²) in [4.78, 5) is 47.5. The first kappa shape index (κ1) is 31.1. The SMILES string of the molecule is COC(=O)CCNC(=O)[C@@H]1O[P@](=O)(Oc2ccc(CC(NC(=O)OC(C)(C)C)C(=O)O)cc2)OCC1(C)C. The molecule has 0 spiro atoms. The van der Waals surface area contributed by atoms with Crippen LogP contribution in [-0.4, -0.2) is 67.1 Å². The Balaban J connectivity index is 2.03. The van der Waals surface area contributed by atoms with Gasteiger partial charge in [0.1, 0.15) is 17.4 Å². The third-order valence-electron chi connectivity index (χ3n) is 5.20. The summed E-state index contributed by atoms with van der Waals surface area (Å²) in [6.07, 6.45) is -2.14. The Labute approximate surface area is 221 Å². The summed E-state index contributed by atoms with van der Waals surface area (Å²) >= 11 is 0. The maximum Gasteiger partial charge on any atom is 0.530 e. The van der Waals surface area contributed by atoms with Crippen molar-refractivity contribution in [3.05, 3.63) is 29.8 Å². The molecule has 3 N–H and O–H groups in total. The highest BCUT2D eigenvalue weighted by molar-refractivity contribution is 7.49. The molecule has 14 heteroatoms. The van der Waals surface area contributed by atoms with Crippen molar-refractivity contribution in [3.8, 4) is 5.75 Å². The lowest BCUT2D eigenvalue weighted by atomic mass is 9.87. The highest BCUT2D eigenvalue weighted by atomic mass is 31.2. The van der Waals surface area contributed by atoms with Gasteiger partial charge in [0, 0.05) is 18.4 Å². The Morgan fingerprint density at radius 2 is 1.82 bits per heavy atom. The maximum atomic E-state index is 13.2. The minimum Gasteiger partial charge on any atom is -0.480 e. The molecule has 1 aliphatic heterocycles. The van der Waals surface area contributed by atoms with Crippen molar-refractivity contribution >= 4 is 31.8 Å². The molecule has 1 heterocycles. The smallest absolute Gasteiger partial charge is 0.480 e. The van der Waals surface area contributed by atoms with E-state index in [4.69, 9.17) is 18.3 Å². The fourth-order valence-corrected chi connectivity index (χ4v) is 4.92. The zero-order valence-electron chi connectivity index (χ0n) is 22.3. The molecule has 0 aromatic heterocycles. The lowest BCUT2D eigenvalue weighted by molar-refractivity contribution is -0.142. The fourth-order valence-electron chi connectivity index (χ4n) is 3.26. The summed E-state index contributed by atoms with van der Waals surface area (Å²) in [5, 5.41) is 14.3. The number of alkyl carbamates (subject to hydrolysis) is 1. The van der Waals surface area contributed by atoms with Crippen LogP contribution in [0.25, 0.3) is 0 Å². The number of aliphatic carboxylic acids is 1. The van der Waals surface area contributed by atoms with Crippen LogP contribution in [0.15, 0.2) is 24.3 Å². The molecule has 1 unspecified atom stereocenters. The summed E-state index contributed by atoms with van der Waals surface area (Å²) in [7, 11) is -2.96. The number of hydrogen-bond acceptors (Lipinski definition) is 10. The number of esters is 1. The van der Waals surface area contributed by atoms with Crippen LogP contribution in [0.1, 0.15) is 46.6 Å². The summed E-state index contributed by atoms with van der Waals surface area (Å²) < 4.78 is 39.1. The first-order chi connectivity index (χ1) is 17.5. The van der Waals surface area contributed by atoms with Crippen LogP contribution in [0, 0.1) is 5.41 Å². The number of hydrogen-bond donors (Lipinski definition) is 3. The Bertz CT molecular complexity index is 1070. The van der Waals surface area contributed by atoms with Gasteiger partial charge in [-0.3, -0.25) is 18.6 Å². The molecule has 38 heavy (non-hydrogen) atoms. The third kappa shape index (κ3) is 9.62. The van der Waals surface area contributed by atoms with E-state index < -0.39 is 54.9 Å². The monoisotopic (exact) mass is 558 g/mol. The van der Waals surface area contributed by atoms with Crippen LogP contribution in [-0.2, 0) is 43.9 Å². The number of carbonyl (C=O) groups excluding carboxylic acids is 3. The number of phosphoric acid groups is 1. The number of benzene rings is 1. The van der Waals surface area contributed by atoms with Crippen molar-refractivity contribution in [3.63, 3.8) is 0 Å². The summed E-state index contributed by atoms with van der Waals surface area (Å²) in [5.74, 6) is -2.24. The van der Waals surface area contributed by atoms with Gasteiger partial charge in [-0.1, -0.05) is 26.0 Å². The number of carbonyl (C=O) groups is 4. The number of methoxy groups -OCH3 is 1. The molecule has 212 valence electrons. The standard InChI is InChI=1S/C24H35N2O11P/c1-23(2,3)35-22(31)26-17(21(29)30)13-15-7-9-16(10-8-15)36-38(32)34-14-24(4,5)19(37-38)20(28)25-12-11-18(27)33-6/h7-10,17,19H,11-14H2,1-6H3,(H,25,28)(H,26,31)(H,29,30)/t17?,19-,38-/m0/s1. The van der Waals surface area contributed by atoms with Gasteiger partial charge in [0.05, 0.1) is 20.1 Å². The molecule has 2 rings (SSSR count). The van der Waals surface area contributed by atoms with Crippen molar-refractivity contribution in [1.82, 2.24) is 10.6 Å². The molecule has 1 aromatic rings. The van der Waals surface area contributed by atoms with E-state index >= 15 is 0 Å². The predicted octanol–water partition coefficient (Wildman–Crippen LogP) is 2.81. The second-order valence-corrected chi connectivity index (χ2v) is 11.8. The van der Waals surface area contributed by atoms with E-state index in [0.29, 0.717) is 5.56 Å². The number of rotatable bonds is 10. The van der Waals surface area contributed by atoms with Gasteiger partial charge in [-0.15, -0.1) is 0 Å². The van der Waals surface area contributed by atoms with Crippen LogP contribution in [0.5, 0.6) is 5.75 Å². The molecule has 0 bridgehead atoms. The predicted molar refractivity (Wildman–Crippen MR) is 133 cm³/mol. The molecular formula is C24H35N2O11P. The summed E-state index contributed by atoms with van der Waals surface area (Å²) in [5.41, 5.74) is -1.10. The lowest BCUT2D eigenvalue weighted by Gasteiger charge is -2.39. The van der Waals surface area contributed by atoms with Crippen molar-refractivity contribution in [2.24, 2.45) is 5.41 Å². The van der Waals surface area contributed by atoms with Gasteiger partial charge in [0.2, 0.25) is 0 Å². The Morgan fingerprint density at radius 1 is 1.18 bits per heavy atom. The highest BCUT2D eigenvalue weighted by Gasteiger charge is 2.50. The first-order valence-electron chi connectivity index (χ1n) is 11.8. The second kappa shape index (κ2) is 12.6. The number of amides is 2. The van der Waals surface area contributed by atoms with Gasteiger partial charge in [0.15, 0.2) is 6.10 Å². The van der Waals surface area contributed by atoms with Crippen LogP contribution in [0.2, 0.25) is 0 Å². The minimum absolute atomic E-state index is 0.00897. The second-order valence-electron chi connectivity index (χ2n) is 10.3. The molecule has 1 fully saturated rings. The largest absolute Gasteiger partial charge is 0.530 e. The maximum absolute atomic E-state index is 13.2. The zero-order valence-corrected chi connectivity index (χ0v) is 23.2. The van der Waals surface area contributed by atoms with E-state index in [1.165, 1.54) is 31.4 Å². The van der Waals surface area contributed by atoms with Crippen molar-refractivity contribution in [2.75, 3.05) is 20.3 Å². The van der Waals surface area contributed by atoms with Gasteiger partial charge < -0.3 is 29.7 Å². The van der Waals surface area contributed by atoms with E-state index in [-0.39, 0.29) is 31.7 Å². The van der Waals surface area contributed by atoms with Crippen molar-refractivity contribution in [1.29, 1.82) is 0 Å². The number of carboxylic acids is 1. The average molecular weight is 559 g/mol. The van der Waals surface area contributed by atoms with Crippen LogP contribution in [0.4, 0.5) is 4.79 Å². The van der Waals surface area contributed by atoms with Crippen LogP contribution < -0.4 is 15.2 Å². The van der Waals surface area contributed by atoms with Gasteiger partial charge >= 0.3 is 25.9 Å². The van der Waals surface area contributed by atoms with Gasteiger partial charge in [-0.2, -0.15) is 0 Å². The minimum atomic E-state index is -4.20. The van der Waals surface area contributed by atoms with E-state index in [9.17, 15) is 28.8 Å². The van der Waals surface area contributed by atoms with E-state index in [2.05, 4.69) is 15.4 Å². The van der Waals surface area contributed by atoms with Crippen molar-refractivity contribution in [2.45, 2.75) is 65.2 Å². The van der Waals surface area contributed by atoms with E-state index in [1.807, 2.05) is 0 Å². The molecule has 0 aliphatic carbocycles. The summed E-state index contributed by atoms with van der Waals surface area (Å²) in [6, 6.07) is 4.66. The Kier molecular flexibility index (Phi) is 10.3. The third-order valence-corrected chi connectivity index (χ3v) is 6.55. The highest BCUT2D eigenvalue weighted by Crippen LogP contribution is 2.56. The van der Waals surface area contributed by atoms with E-state index in [1.54, 1.807) is 34.6 Å². The summed E-state index contributed by atoms with van der Waals surface area (Å²) in [6.45, 7) is 8.27. The molecule has 1 aliphatic rings. The quantitative estimate of drug-likeness (QED) is 0.284. The molecule has 13 nitrogen and oxygen atoms in total. The first-order valence-corrected chi connectivity index (χ1v) is 13.3. The zero-order chi connectivity index (χ0) is 28.7.